The van der Waals surface area contributed by atoms with Gasteiger partial charge in [-0.2, -0.15) is 0 Å². The van der Waals surface area contributed by atoms with E-state index < -0.39 is 11.7 Å². The van der Waals surface area contributed by atoms with Gasteiger partial charge >= 0.3 is 0 Å². The minimum atomic E-state index is -0.914. The molecule has 1 saturated carbocycles. The average Bonchev–Trinajstić information content (AvgIpc) is 2.49. The van der Waals surface area contributed by atoms with Crippen LogP contribution >= 0.6 is 0 Å². The molecule has 1 aliphatic carbocycles. The Balaban J connectivity index is 1.61. The molecule has 0 radical (unpaired) electrons. The van der Waals surface area contributed by atoms with Crippen LogP contribution in [-0.2, 0) is 4.79 Å². The molecule has 1 amide bonds. The zero-order valence-corrected chi connectivity index (χ0v) is 13.8. The first kappa shape index (κ1) is 15.8. The molecule has 3 aliphatic heterocycles. The highest BCUT2D eigenvalue weighted by atomic mass is 19.1. The fraction of sp³-hybridized carbons (Fsp3) is 0.941. The number of halogens is 1. The number of piperidine rings is 2. The van der Waals surface area contributed by atoms with Gasteiger partial charge in [0.1, 0.15) is 6.17 Å². The first-order valence-corrected chi connectivity index (χ1v) is 9.29. The molecule has 6 heteroatoms. The third kappa shape index (κ3) is 2.33. The molecular weight excluding hydrogens is 295 g/mol. The summed E-state index contributed by atoms with van der Waals surface area (Å²) in [6.07, 6.45) is 5.17. The maximum atomic E-state index is 15.2. The molecule has 3 saturated heterocycles. The molecule has 0 aromatic heterocycles. The van der Waals surface area contributed by atoms with Crippen LogP contribution < -0.4 is 11.1 Å². The summed E-state index contributed by atoms with van der Waals surface area (Å²) in [7, 11) is 0. The van der Waals surface area contributed by atoms with Crippen LogP contribution in [0.15, 0.2) is 0 Å². The quantitative estimate of drug-likeness (QED) is 0.776. The number of hydrogen-bond donors (Lipinski definition) is 2. The number of alkyl halides is 1. The summed E-state index contributed by atoms with van der Waals surface area (Å²) < 4.78 is 15.2. The van der Waals surface area contributed by atoms with Gasteiger partial charge in [0.2, 0.25) is 5.91 Å². The van der Waals surface area contributed by atoms with Crippen molar-refractivity contribution in [1.82, 2.24) is 15.1 Å². The van der Waals surface area contributed by atoms with Gasteiger partial charge in [-0.25, -0.2) is 4.39 Å². The van der Waals surface area contributed by atoms with Gasteiger partial charge in [0.25, 0.3) is 0 Å². The number of carbonyl (C=O) groups is 1. The van der Waals surface area contributed by atoms with Crippen LogP contribution in [0.3, 0.4) is 0 Å². The van der Waals surface area contributed by atoms with Crippen molar-refractivity contribution in [2.75, 3.05) is 32.7 Å². The summed E-state index contributed by atoms with van der Waals surface area (Å²) in [5.41, 5.74) is 6.00. The third-order valence-electron chi connectivity index (χ3n) is 6.82. The van der Waals surface area contributed by atoms with Crippen LogP contribution in [0.4, 0.5) is 4.39 Å². The Kier molecular flexibility index (Phi) is 4.10. The summed E-state index contributed by atoms with van der Waals surface area (Å²) >= 11 is 0. The highest BCUT2D eigenvalue weighted by molar-refractivity contribution is 5.77. The van der Waals surface area contributed by atoms with E-state index in [0.29, 0.717) is 25.4 Å². The van der Waals surface area contributed by atoms with E-state index in [0.717, 1.165) is 45.3 Å². The number of amides is 1. The lowest BCUT2D eigenvalue weighted by Crippen LogP contribution is -2.78. The fourth-order valence-electron chi connectivity index (χ4n) is 5.46. The van der Waals surface area contributed by atoms with Crippen LogP contribution in [0.25, 0.3) is 0 Å². The number of nitrogens with zero attached hydrogens (tertiary/aromatic N) is 2. The molecule has 23 heavy (non-hydrogen) atoms. The smallest absolute Gasteiger partial charge is 0.222 e. The van der Waals surface area contributed by atoms with Crippen molar-refractivity contribution in [3.63, 3.8) is 0 Å². The second kappa shape index (κ2) is 5.97. The molecule has 4 atom stereocenters. The number of carbonyl (C=O) groups excluding carboxylic acids is 1. The topological polar surface area (TPSA) is 61.6 Å². The van der Waals surface area contributed by atoms with E-state index in [-0.39, 0.29) is 18.0 Å². The van der Waals surface area contributed by atoms with E-state index in [1.807, 2.05) is 4.90 Å². The lowest BCUT2D eigenvalue weighted by Gasteiger charge is -2.61. The number of piperazine rings is 1. The van der Waals surface area contributed by atoms with Gasteiger partial charge in [0, 0.05) is 51.2 Å². The van der Waals surface area contributed by atoms with Crippen LogP contribution in [0.1, 0.15) is 38.5 Å². The van der Waals surface area contributed by atoms with E-state index in [9.17, 15) is 4.79 Å². The lowest BCUT2D eigenvalue weighted by molar-refractivity contribution is -0.149. The van der Waals surface area contributed by atoms with Crippen molar-refractivity contribution in [3.05, 3.63) is 0 Å². The van der Waals surface area contributed by atoms with Gasteiger partial charge in [0.15, 0.2) is 0 Å². The van der Waals surface area contributed by atoms with E-state index >= 15 is 4.39 Å². The zero-order chi connectivity index (χ0) is 16.0. The normalized spacial score (nSPS) is 43.1. The maximum absolute atomic E-state index is 15.2. The molecule has 3 N–H and O–H groups in total. The Morgan fingerprint density at radius 2 is 2.00 bits per heavy atom. The van der Waals surface area contributed by atoms with Crippen LogP contribution in [-0.4, -0.2) is 72.2 Å². The predicted octanol–water partition coefficient (Wildman–Crippen LogP) is 0.491. The van der Waals surface area contributed by atoms with Crippen LogP contribution in [0.5, 0.6) is 0 Å². The van der Waals surface area contributed by atoms with Crippen molar-refractivity contribution < 1.29 is 9.18 Å². The predicted molar refractivity (Wildman–Crippen MR) is 86.7 cm³/mol. The summed E-state index contributed by atoms with van der Waals surface area (Å²) in [5, 5.41) is 3.15. The Bertz CT molecular complexity index is 454. The van der Waals surface area contributed by atoms with E-state index in [1.54, 1.807) is 0 Å². The van der Waals surface area contributed by atoms with Gasteiger partial charge in [0.05, 0.1) is 5.54 Å². The Morgan fingerprint density at radius 1 is 1.17 bits per heavy atom. The number of nitrogens with two attached hydrogens (primary N) is 1. The summed E-state index contributed by atoms with van der Waals surface area (Å²) in [6.45, 7) is 3.42. The molecule has 3 heterocycles. The SMILES string of the molecule is NC1CNCC(F)C1(C1CCC1)N1CCN2C(=O)CCCC2C1. The Labute approximate surface area is 137 Å². The summed E-state index contributed by atoms with van der Waals surface area (Å²) in [5.74, 6) is 0.658. The molecule has 0 spiro atoms. The lowest BCUT2D eigenvalue weighted by atomic mass is 9.62. The third-order valence-corrected chi connectivity index (χ3v) is 6.82. The second-order valence-corrected chi connectivity index (χ2v) is 7.83. The molecule has 5 nitrogen and oxygen atoms in total. The van der Waals surface area contributed by atoms with E-state index in [4.69, 9.17) is 5.73 Å². The molecule has 4 unspecified atom stereocenters. The van der Waals surface area contributed by atoms with Crippen molar-refractivity contribution in [2.45, 2.75) is 62.3 Å². The van der Waals surface area contributed by atoms with Gasteiger partial charge in [-0.1, -0.05) is 6.42 Å². The van der Waals surface area contributed by atoms with E-state index in [1.165, 1.54) is 6.42 Å². The number of fused-ring (bicyclic) bond motifs is 1. The van der Waals surface area contributed by atoms with Gasteiger partial charge < -0.3 is 16.0 Å². The number of rotatable bonds is 2. The average molecular weight is 324 g/mol. The molecule has 4 aliphatic rings. The van der Waals surface area contributed by atoms with Crippen LogP contribution in [0.2, 0.25) is 0 Å². The number of nitrogens with one attached hydrogen (secondary N) is 1. The highest BCUT2D eigenvalue weighted by Gasteiger charge is 2.58. The van der Waals surface area contributed by atoms with Crippen molar-refractivity contribution in [1.29, 1.82) is 0 Å². The molecular formula is C17H29FN4O. The molecule has 4 fully saturated rings. The molecule has 0 bridgehead atoms. The number of hydrogen-bond acceptors (Lipinski definition) is 4. The van der Waals surface area contributed by atoms with Crippen molar-refractivity contribution >= 4 is 5.91 Å². The first-order chi connectivity index (χ1) is 11.1. The molecule has 130 valence electrons. The Hall–Kier alpha value is -0.720. The fourth-order valence-corrected chi connectivity index (χ4v) is 5.46. The van der Waals surface area contributed by atoms with Gasteiger partial charge in [-0.05, 0) is 31.6 Å². The monoisotopic (exact) mass is 324 g/mol. The standard InChI is InChI=1S/C17H29FN4O/c18-14-9-20-10-15(19)17(14,12-3-1-4-12)21-7-8-22-13(11-21)5-2-6-16(22)23/h12-15,20H,1-11,19H2. The van der Waals surface area contributed by atoms with E-state index in [2.05, 4.69) is 10.2 Å². The second-order valence-electron chi connectivity index (χ2n) is 7.83. The van der Waals surface area contributed by atoms with Crippen molar-refractivity contribution in [3.8, 4) is 0 Å². The first-order valence-electron chi connectivity index (χ1n) is 9.29. The minimum absolute atomic E-state index is 0.164. The highest BCUT2D eigenvalue weighted by Crippen LogP contribution is 2.46. The maximum Gasteiger partial charge on any atom is 0.222 e. The van der Waals surface area contributed by atoms with Crippen LogP contribution in [0, 0.1) is 5.92 Å². The zero-order valence-electron chi connectivity index (χ0n) is 13.8. The minimum Gasteiger partial charge on any atom is -0.337 e. The molecule has 0 aromatic rings. The molecule has 4 rings (SSSR count). The van der Waals surface area contributed by atoms with Crippen molar-refractivity contribution in [2.24, 2.45) is 11.7 Å². The van der Waals surface area contributed by atoms with Gasteiger partial charge in [-0.15, -0.1) is 0 Å². The summed E-state index contributed by atoms with van der Waals surface area (Å²) in [4.78, 5) is 16.5. The summed E-state index contributed by atoms with van der Waals surface area (Å²) in [6, 6.07) is 0.0960. The molecule has 0 aromatic carbocycles. The van der Waals surface area contributed by atoms with Gasteiger partial charge in [-0.3, -0.25) is 9.69 Å². The largest absolute Gasteiger partial charge is 0.337 e. The Morgan fingerprint density at radius 3 is 2.70 bits per heavy atom.